The average molecular weight is 415 g/mol. The van der Waals surface area contributed by atoms with Gasteiger partial charge in [-0.15, -0.1) is 0 Å². The molecule has 1 fully saturated rings. The van der Waals surface area contributed by atoms with E-state index in [-0.39, 0.29) is 30.6 Å². The molecule has 1 aliphatic rings. The van der Waals surface area contributed by atoms with Crippen LogP contribution in [0, 0.1) is 23.6 Å². The summed E-state index contributed by atoms with van der Waals surface area (Å²) >= 11 is 3.39. The van der Waals surface area contributed by atoms with Crippen molar-refractivity contribution >= 4 is 33.4 Å². The van der Waals surface area contributed by atoms with Gasteiger partial charge in [-0.3, -0.25) is 9.59 Å². The molecule has 1 aliphatic heterocycles. The molecule has 132 valence electrons. The summed E-state index contributed by atoms with van der Waals surface area (Å²) in [5, 5.41) is 2.74. The van der Waals surface area contributed by atoms with E-state index in [0.29, 0.717) is 12.1 Å². The van der Waals surface area contributed by atoms with Gasteiger partial charge in [0.25, 0.3) is 0 Å². The van der Waals surface area contributed by atoms with Gasteiger partial charge in [-0.05, 0) is 42.5 Å². The van der Waals surface area contributed by atoms with Crippen LogP contribution in [0.5, 0.6) is 0 Å². The van der Waals surface area contributed by atoms with Crippen molar-refractivity contribution < 1.29 is 14.0 Å². The molecule has 0 aliphatic carbocycles. The van der Waals surface area contributed by atoms with Crippen LogP contribution in [-0.4, -0.2) is 24.9 Å². The van der Waals surface area contributed by atoms with Crippen molar-refractivity contribution in [3.05, 3.63) is 64.4 Å². The summed E-state index contributed by atoms with van der Waals surface area (Å²) in [6.07, 6.45) is 0.184. The van der Waals surface area contributed by atoms with Crippen LogP contribution in [0.1, 0.15) is 12.0 Å². The average Bonchev–Trinajstić information content (AvgIpc) is 3.02. The fourth-order valence-electron chi connectivity index (χ4n) is 2.73. The molecule has 0 spiro atoms. The summed E-state index contributed by atoms with van der Waals surface area (Å²) in [4.78, 5) is 26.1. The highest BCUT2D eigenvalue weighted by Crippen LogP contribution is 2.27. The highest BCUT2D eigenvalue weighted by atomic mass is 79.9. The van der Waals surface area contributed by atoms with Crippen molar-refractivity contribution in [1.82, 2.24) is 5.32 Å². The molecular weight excluding hydrogens is 399 g/mol. The summed E-state index contributed by atoms with van der Waals surface area (Å²) < 4.78 is 13.7. The number of amides is 2. The van der Waals surface area contributed by atoms with E-state index in [0.717, 1.165) is 10.2 Å². The van der Waals surface area contributed by atoms with Crippen LogP contribution in [0.25, 0.3) is 0 Å². The topological polar surface area (TPSA) is 49.4 Å². The predicted molar refractivity (Wildman–Crippen MR) is 101 cm³/mol. The van der Waals surface area contributed by atoms with Gasteiger partial charge in [0.2, 0.25) is 11.8 Å². The standard InChI is InChI=1S/C20H16BrFN2O2/c21-16-4-1-5-18(12-16)24-13-15(11-19(24)25)20(26)23-10-2-3-14-6-8-17(22)9-7-14/h1,4-9,12,15H,10-11,13H2,(H,23,26). The second-order valence-corrected chi connectivity index (χ2v) is 6.83. The molecule has 0 radical (unpaired) electrons. The third-order valence-corrected chi connectivity index (χ3v) is 4.54. The fourth-order valence-corrected chi connectivity index (χ4v) is 3.12. The van der Waals surface area contributed by atoms with E-state index in [4.69, 9.17) is 0 Å². The molecule has 2 aromatic carbocycles. The van der Waals surface area contributed by atoms with Crippen LogP contribution in [0.3, 0.4) is 0 Å². The maximum Gasteiger partial charge on any atom is 0.227 e. The van der Waals surface area contributed by atoms with Crippen LogP contribution in [0.4, 0.5) is 10.1 Å². The first kappa shape index (κ1) is 18.2. The molecule has 1 saturated heterocycles. The lowest BCUT2D eigenvalue weighted by Crippen LogP contribution is -2.33. The van der Waals surface area contributed by atoms with E-state index in [1.165, 1.54) is 12.1 Å². The van der Waals surface area contributed by atoms with Crippen LogP contribution >= 0.6 is 15.9 Å². The van der Waals surface area contributed by atoms with Gasteiger partial charge >= 0.3 is 0 Å². The molecule has 2 aromatic rings. The van der Waals surface area contributed by atoms with Gasteiger partial charge in [-0.2, -0.15) is 0 Å². The molecule has 26 heavy (non-hydrogen) atoms. The van der Waals surface area contributed by atoms with Crippen LogP contribution in [0.2, 0.25) is 0 Å². The lowest BCUT2D eigenvalue weighted by atomic mass is 10.1. The summed E-state index contributed by atoms with van der Waals surface area (Å²) in [6.45, 7) is 0.532. The van der Waals surface area contributed by atoms with Crippen LogP contribution in [-0.2, 0) is 9.59 Å². The Morgan fingerprint density at radius 2 is 2.04 bits per heavy atom. The molecule has 0 saturated carbocycles. The first-order valence-corrected chi connectivity index (χ1v) is 8.90. The van der Waals surface area contributed by atoms with Gasteiger partial charge in [-0.25, -0.2) is 4.39 Å². The van der Waals surface area contributed by atoms with Gasteiger partial charge in [0, 0.05) is 28.7 Å². The molecule has 0 aromatic heterocycles. The zero-order valence-electron chi connectivity index (χ0n) is 13.8. The maximum atomic E-state index is 12.8. The smallest absolute Gasteiger partial charge is 0.227 e. The number of carbonyl (C=O) groups is 2. The number of carbonyl (C=O) groups excluding carboxylic acids is 2. The zero-order valence-corrected chi connectivity index (χ0v) is 15.4. The Bertz CT molecular complexity index is 887. The van der Waals surface area contributed by atoms with Crippen LogP contribution < -0.4 is 10.2 Å². The minimum Gasteiger partial charge on any atom is -0.345 e. The van der Waals surface area contributed by atoms with E-state index in [9.17, 15) is 14.0 Å². The molecule has 0 bridgehead atoms. The normalized spacial score (nSPS) is 16.2. The summed E-state index contributed by atoms with van der Waals surface area (Å²) in [5.74, 6) is 4.71. The molecule has 1 unspecified atom stereocenters. The Morgan fingerprint density at radius 1 is 1.27 bits per heavy atom. The lowest BCUT2D eigenvalue weighted by Gasteiger charge is -2.16. The number of benzene rings is 2. The Kier molecular flexibility index (Phi) is 5.69. The first-order chi connectivity index (χ1) is 12.5. The van der Waals surface area contributed by atoms with Crippen LogP contribution in [0.15, 0.2) is 53.0 Å². The van der Waals surface area contributed by atoms with Gasteiger partial charge in [0.15, 0.2) is 0 Å². The Balaban J connectivity index is 1.54. The number of anilines is 1. The molecule has 2 amide bonds. The van der Waals surface area contributed by atoms with Crippen molar-refractivity contribution in [2.24, 2.45) is 5.92 Å². The number of hydrogen-bond acceptors (Lipinski definition) is 2. The van der Waals surface area contributed by atoms with Crippen molar-refractivity contribution in [2.75, 3.05) is 18.0 Å². The Morgan fingerprint density at radius 3 is 2.77 bits per heavy atom. The van der Waals surface area contributed by atoms with Crippen molar-refractivity contribution in [2.45, 2.75) is 6.42 Å². The molecule has 6 heteroatoms. The quantitative estimate of drug-likeness (QED) is 0.784. The maximum absolute atomic E-state index is 12.8. The summed E-state index contributed by atoms with van der Waals surface area (Å²) in [6, 6.07) is 13.3. The van der Waals surface area contributed by atoms with E-state index in [2.05, 4.69) is 33.1 Å². The number of rotatable bonds is 3. The highest BCUT2D eigenvalue weighted by molar-refractivity contribution is 9.10. The second-order valence-electron chi connectivity index (χ2n) is 5.91. The fraction of sp³-hybridized carbons (Fsp3) is 0.200. The molecule has 1 N–H and O–H groups in total. The Hall–Kier alpha value is -2.65. The molecule has 1 heterocycles. The third-order valence-electron chi connectivity index (χ3n) is 4.04. The molecule has 1 atom stereocenters. The van der Waals surface area contributed by atoms with Gasteiger partial charge in [0.05, 0.1) is 12.5 Å². The number of halogens is 2. The van der Waals surface area contributed by atoms with Gasteiger partial charge in [0.1, 0.15) is 5.82 Å². The molecular formula is C20H16BrFN2O2. The van der Waals surface area contributed by atoms with E-state index < -0.39 is 5.92 Å². The minimum absolute atomic E-state index is 0.0688. The second kappa shape index (κ2) is 8.15. The Labute approximate surface area is 159 Å². The van der Waals surface area contributed by atoms with Crippen molar-refractivity contribution in [3.8, 4) is 11.8 Å². The number of nitrogens with one attached hydrogen (secondary N) is 1. The summed E-state index contributed by atoms with van der Waals surface area (Å²) in [5.41, 5.74) is 1.45. The first-order valence-electron chi connectivity index (χ1n) is 8.11. The van der Waals surface area contributed by atoms with E-state index in [1.54, 1.807) is 17.0 Å². The van der Waals surface area contributed by atoms with Crippen molar-refractivity contribution in [3.63, 3.8) is 0 Å². The predicted octanol–water partition coefficient (Wildman–Crippen LogP) is 3.11. The summed E-state index contributed by atoms with van der Waals surface area (Å²) in [7, 11) is 0. The van der Waals surface area contributed by atoms with E-state index in [1.807, 2.05) is 24.3 Å². The zero-order chi connectivity index (χ0) is 18.5. The minimum atomic E-state index is -0.394. The largest absolute Gasteiger partial charge is 0.345 e. The lowest BCUT2D eigenvalue weighted by molar-refractivity contribution is -0.126. The number of nitrogens with zero attached hydrogens (tertiary/aromatic N) is 1. The number of hydrogen-bond donors (Lipinski definition) is 1. The van der Waals surface area contributed by atoms with Gasteiger partial charge in [-0.1, -0.05) is 33.8 Å². The van der Waals surface area contributed by atoms with Crippen molar-refractivity contribution in [1.29, 1.82) is 0 Å². The molecule has 4 nitrogen and oxygen atoms in total. The third kappa shape index (κ3) is 4.50. The van der Waals surface area contributed by atoms with Gasteiger partial charge < -0.3 is 10.2 Å². The SMILES string of the molecule is O=C(NCC#Cc1ccc(F)cc1)C1CC(=O)N(c2cccc(Br)c2)C1. The van der Waals surface area contributed by atoms with E-state index >= 15 is 0 Å². The monoisotopic (exact) mass is 414 g/mol. The highest BCUT2D eigenvalue weighted by Gasteiger charge is 2.34. The molecule has 3 rings (SSSR count).